The molecule has 0 aliphatic rings. The molecule has 74 valence electrons. The highest BCUT2D eigenvalue weighted by Gasteiger charge is 2.31. The first-order valence-electron chi connectivity index (χ1n) is 3.39. The fraction of sp³-hybridized carbons (Fsp3) is 0.857. The molecule has 0 saturated carbocycles. The first kappa shape index (κ1) is 14.2. The maximum absolute atomic E-state index is 10.4. The van der Waals surface area contributed by atoms with Crippen LogP contribution in [0.2, 0.25) is 0 Å². The fourth-order valence-corrected chi connectivity index (χ4v) is 0.796. The lowest BCUT2D eigenvalue weighted by atomic mass is 9.86. The van der Waals surface area contributed by atoms with Gasteiger partial charge in [0.05, 0.1) is 6.61 Å². The van der Waals surface area contributed by atoms with Gasteiger partial charge in [-0.2, -0.15) is 0 Å². The molecule has 0 aromatic carbocycles. The molecule has 0 heterocycles. The van der Waals surface area contributed by atoms with Crippen LogP contribution in [0.1, 0.15) is 13.8 Å². The van der Waals surface area contributed by atoms with E-state index in [4.69, 9.17) is 15.6 Å². The van der Waals surface area contributed by atoms with E-state index in [9.17, 15) is 4.79 Å². The lowest BCUT2D eigenvalue weighted by molar-refractivity contribution is -0.142. The van der Waals surface area contributed by atoms with Gasteiger partial charge in [-0.25, -0.2) is 0 Å². The molecule has 0 amide bonds. The number of methoxy groups -OCH3 is 1. The average molecular weight is 198 g/mol. The number of hydrogen-bond donors (Lipinski definition) is 2. The van der Waals surface area contributed by atoms with Crippen molar-refractivity contribution in [1.82, 2.24) is 0 Å². The highest BCUT2D eigenvalue weighted by atomic mass is 35.5. The number of carbonyl (C=O) groups is 1. The van der Waals surface area contributed by atoms with Gasteiger partial charge in [-0.15, -0.1) is 12.4 Å². The molecular formula is C7H16ClNO3. The van der Waals surface area contributed by atoms with E-state index in [1.807, 2.05) is 0 Å². The Kier molecular flexibility index (Phi) is 6.34. The average Bonchev–Trinajstić information content (AvgIpc) is 1.86. The van der Waals surface area contributed by atoms with Crippen molar-refractivity contribution >= 4 is 18.4 Å². The molecule has 4 nitrogen and oxygen atoms in total. The van der Waals surface area contributed by atoms with Crippen LogP contribution in [-0.4, -0.2) is 30.8 Å². The Bertz CT molecular complexity index is 150. The van der Waals surface area contributed by atoms with Gasteiger partial charge < -0.3 is 15.6 Å². The van der Waals surface area contributed by atoms with Crippen molar-refractivity contribution in [2.45, 2.75) is 19.9 Å². The van der Waals surface area contributed by atoms with Crippen LogP contribution in [0.4, 0.5) is 0 Å². The normalized spacial score (nSPS) is 13.3. The summed E-state index contributed by atoms with van der Waals surface area (Å²) in [5.74, 6) is -0.993. The predicted molar refractivity (Wildman–Crippen MR) is 48.5 cm³/mol. The molecule has 0 aliphatic heterocycles. The van der Waals surface area contributed by atoms with E-state index >= 15 is 0 Å². The molecule has 1 atom stereocenters. The number of aliphatic carboxylic acids is 1. The molecular weight excluding hydrogens is 182 g/mol. The van der Waals surface area contributed by atoms with Gasteiger partial charge in [0.15, 0.2) is 0 Å². The van der Waals surface area contributed by atoms with Gasteiger partial charge in [0, 0.05) is 12.5 Å². The first-order valence-corrected chi connectivity index (χ1v) is 3.39. The van der Waals surface area contributed by atoms with Gasteiger partial charge in [0.1, 0.15) is 6.04 Å². The van der Waals surface area contributed by atoms with E-state index < -0.39 is 17.4 Å². The summed E-state index contributed by atoms with van der Waals surface area (Å²) >= 11 is 0. The fourth-order valence-electron chi connectivity index (χ4n) is 0.796. The minimum absolute atomic E-state index is 0. The summed E-state index contributed by atoms with van der Waals surface area (Å²) in [6.07, 6.45) is 0. The zero-order valence-corrected chi connectivity index (χ0v) is 8.35. The molecule has 0 saturated heterocycles. The van der Waals surface area contributed by atoms with Crippen LogP contribution in [0.25, 0.3) is 0 Å². The van der Waals surface area contributed by atoms with Crippen molar-refractivity contribution in [2.24, 2.45) is 11.1 Å². The van der Waals surface area contributed by atoms with E-state index in [2.05, 4.69) is 0 Å². The summed E-state index contributed by atoms with van der Waals surface area (Å²) < 4.78 is 4.83. The molecule has 1 unspecified atom stereocenters. The Morgan fingerprint density at radius 3 is 2.33 bits per heavy atom. The zero-order chi connectivity index (χ0) is 9.07. The van der Waals surface area contributed by atoms with E-state index in [1.165, 1.54) is 7.11 Å². The number of carboxylic acid groups (broad SMARTS) is 1. The maximum Gasteiger partial charge on any atom is 0.321 e. The van der Waals surface area contributed by atoms with E-state index in [-0.39, 0.29) is 12.4 Å². The Morgan fingerprint density at radius 1 is 1.67 bits per heavy atom. The van der Waals surface area contributed by atoms with Gasteiger partial charge in [0.25, 0.3) is 0 Å². The van der Waals surface area contributed by atoms with Crippen LogP contribution in [-0.2, 0) is 9.53 Å². The quantitative estimate of drug-likeness (QED) is 0.688. The second kappa shape index (κ2) is 5.35. The Balaban J connectivity index is 0. The molecule has 0 spiro atoms. The summed E-state index contributed by atoms with van der Waals surface area (Å²) in [6, 6.07) is -0.873. The molecule has 0 aliphatic carbocycles. The number of hydrogen-bond acceptors (Lipinski definition) is 3. The predicted octanol–water partition coefficient (Wildman–Crippen LogP) is 0.493. The van der Waals surface area contributed by atoms with Crippen LogP contribution in [0.5, 0.6) is 0 Å². The minimum atomic E-state index is -0.993. The van der Waals surface area contributed by atoms with Gasteiger partial charge in [-0.3, -0.25) is 4.79 Å². The standard InChI is InChI=1S/C7H15NO3.ClH/c1-7(2,4-11-3)5(8)6(9)10;/h5H,4,8H2,1-3H3,(H,9,10);1H. The van der Waals surface area contributed by atoms with Crippen molar-refractivity contribution in [2.75, 3.05) is 13.7 Å². The minimum Gasteiger partial charge on any atom is -0.480 e. The Hall–Kier alpha value is -0.320. The number of halogens is 1. The van der Waals surface area contributed by atoms with E-state index in [1.54, 1.807) is 13.8 Å². The van der Waals surface area contributed by atoms with Gasteiger partial charge in [0.2, 0.25) is 0 Å². The van der Waals surface area contributed by atoms with E-state index in [0.717, 1.165) is 0 Å². The van der Waals surface area contributed by atoms with Crippen molar-refractivity contribution < 1.29 is 14.6 Å². The summed E-state index contributed by atoms with van der Waals surface area (Å²) in [5.41, 5.74) is 4.89. The second-order valence-corrected chi connectivity index (χ2v) is 3.24. The summed E-state index contributed by atoms with van der Waals surface area (Å²) in [6.45, 7) is 3.87. The van der Waals surface area contributed by atoms with E-state index in [0.29, 0.717) is 6.61 Å². The lowest BCUT2D eigenvalue weighted by Gasteiger charge is -2.27. The van der Waals surface area contributed by atoms with Gasteiger partial charge in [-0.1, -0.05) is 13.8 Å². The largest absolute Gasteiger partial charge is 0.480 e. The van der Waals surface area contributed by atoms with Crippen LogP contribution < -0.4 is 5.73 Å². The number of ether oxygens (including phenoxy) is 1. The molecule has 0 bridgehead atoms. The van der Waals surface area contributed by atoms with Crippen molar-refractivity contribution in [3.63, 3.8) is 0 Å². The monoisotopic (exact) mass is 197 g/mol. The molecule has 5 heteroatoms. The van der Waals surface area contributed by atoms with Crippen molar-refractivity contribution in [1.29, 1.82) is 0 Å². The van der Waals surface area contributed by atoms with Crippen LogP contribution in [0, 0.1) is 5.41 Å². The summed E-state index contributed by atoms with van der Waals surface area (Å²) in [7, 11) is 1.52. The van der Waals surface area contributed by atoms with Crippen LogP contribution in [0.15, 0.2) is 0 Å². The highest BCUT2D eigenvalue weighted by molar-refractivity contribution is 5.85. The lowest BCUT2D eigenvalue weighted by Crippen LogP contribution is -2.46. The van der Waals surface area contributed by atoms with Gasteiger partial charge >= 0.3 is 5.97 Å². The maximum atomic E-state index is 10.4. The third kappa shape index (κ3) is 3.90. The third-order valence-electron chi connectivity index (χ3n) is 1.62. The van der Waals surface area contributed by atoms with Crippen molar-refractivity contribution in [3.8, 4) is 0 Å². The highest BCUT2D eigenvalue weighted by Crippen LogP contribution is 2.18. The summed E-state index contributed by atoms with van der Waals surface area (Å²) in [4.78, 5) is 10.4. The second-order valence-electron chi connectivity index (χ2n) is 3.24. The molecule has 0 fully saturated rings. The Morgan fingerprint density at radius 2 is 2.08 bits per heavy atom. The molecule has 3 N–H and O–H groups in total. The smallest absolute Gasteiger partial charge is 0.321 e. The number of nitrogens with two attached hydrogens (primary N) is 1. The molecule has 0 aromatic rings. The van der Waals surface area contributed by atoms with Crippen LogP contribution in [0.3, 0.4) is 0 Å². The van der Waals surface area contributed by atoms with Crippen LogP contribution >= 0.6 is 12.4 Å². The molecule has 0 rings (SSSR count). The summed E-state index contributed by atoms with van der Waals surface area (Å²) in [5, 5.41) is 8.56. The SMILES string of the molecule is COCC(C)(C)C(N)C(=O)O.Cl. The molecule has 0 aromatic heterocycles. The van der Waals surface area contributed by atoms with Crippen molar-refractivity contribution in [3.05, 3.63) is 0 Å². The first-order chi connectivity index (χ1) is 4.91. The zero-order valence-electron chi connectivity index (χ0n) is 7.53. The topological polar surface area (TPSA) is 72.5 Å². The number of rotatable bonds is 4. The number of carboxylic acids is 1. The van der Waals surface area contributed by atoms with Gasteiger partial charge in [-0.05, 0) is 0 Å². The Labute approximate surface area is 78.5 Å². The molecule has 12 heavy (non-hydrogen) atoms. The molecule has 0 radical (unpaired) electrons. The third-order valence-corrected chi connectivity index (χ3v) is 1.62.